The maximum Gasteiger partial charge on any atom is 0.122 e. The van der Waals surface area contributed by atoms with Gasteiger partial charge in [0.15, 0.2) is 0 Å². The number of hydrogen-bond donors (Lipinski definition) is 1. The second kappa shape index (κ2) is 8.54. The Hall–Kier alpha value is -0.540. The van der Waals surface area contributed by atoms with Crippen molar-refractivity contribution in [2.45, 2.75) is 39.0 Å². The molecule has 3 heteroatoms. The number of halogens is 1. The molecule has 0 aliphatic rings. The monoisotopic (exact) mass is 299 g/mol. The van der Waals surface area contributed by atoms with Gasteiger partial charge in [-0.15, -0.1) is 0 Å². The molecule has 0 fully saturated rings. The fraction of sp³-hybridized carbons (Fsp3) is 0.571. The molecule has 0 saturated carbocycles. The Bertz CT molecular complexity index is 328. The molecule has 1 rings (SSSR count). The predicted octanol–water partition coefficient (Wildman–Crippen LogP) is 3.91. The van der Waals surface area contributed by atoms with Gasteiger partial charge >= 0.3 is 0 Å². The summed E-state index contributed by atoms with van der Waals surface area (Å²) in [5, 5.41) is 0. The van der Waals surface area contributed by atoms with Crippen LogP contribution in [0, 0.1) is 0 Å². The quantitative estimate of drug-likeness (QED) is 0.739. The smallest absolute Gasteiger partial charge is 0.122 e. The molecule has 0 amide bonds. The van der Waals surface area contributed by atoms with E-state index in [0.29, 0.717) is 6.54 Å². The van der Waals surface area contributed by atoms with Gasteiger partial charge in [-0.25, -0.2) is 0 Å². The van der Waals surface area contributed by atoms with E-state index in [4.69, 9.17) is 10.5 Å². The highest BCUT2D eigenvalue weighted by Gasteiger charge is 2.03. The number of unbranched alkanes of at least 4 members (excludes halogenated alkanes) is 3. The number of rotatable bonds is 8. The lowest BCUT2D eigenvalue weighted by Gasteiger charge is -2.11. The van der Waals surface area contributed by atoms with Crippen LogP contribution in [0.1, 0.15) is 38.2 Å². The second-order valence-electron chi connectivity index (χ2n) is 4.20. The van der Waals surface area contributed by atoms with E-state index in [1.54, 1.807) is 0 Å². The van der Waals surface area contributed by atoms with Gasteiger partial charge in [0.25, 0.3) is 0 Å². The Morgan fingerprint density at radius 2 is 2.06 bits per heavy atom. The molecule has 0 aliphatic carbocycles. The predicted molar refractivity (Wildman–Crippen MR) is 76.5 cm³/mol. The van der Waals surface area contributed by atoms with Gasteiger partial charge in [-0.3, -0.25) is 0 Å². The van der Waals surface area contributed by atoms with E-state index in [9.17, 15) is 0 Å². The summed E-state index contributed by atoms with van der Waals surface area (Å²) in [4.78, 5) is 0. The highest BCUT2D eigenvalue weighted by molar-refractivity contribution is 9.10. The van der Waals surface area contributed by atoms with Crippen molar-refractivity contribution in [3.8, 4) is 5.75 Å². The first kappa shape index (κ1) is 14.5. The van der Waals surface area contributed by atoms with Crippen LogP contribution >= 0.6 is 15.9 Å². The van der Waals surface area contributed by atoms with E-state index in [1.165, 1.54) is 24.8 Å². The molecule has 0 aromatic heterocycles. The molecule has 96 valence electrons. The lowest BCUT2D eigenvalue weighted by molar-refractivity contribution is 0.302. The van der Waals surface area contributed by atoms with E-state index < -0.39 is 0 Å². The zero-order valence-corrected chi connectivity index (χ0v) is 12.1. The van der Waals surface area contributed by atoms with Gasteiger partial charge in [-0.2, -0.15) is 0 Å². The maximum atomic E-state index is 5.81. The van der Waals surface area contributed by atoms with Crippen LogP contribution in [0.3, 0.4) is 0 Å². The topological polar surface area (TPSA) is 35.2 Å². The molecule has 0 aliphatic heterocycles. The van der Waals surface area contributed by atoms with Crippen molar-refractivity contribution in [3.63, 3.8) is 0 Å². The molecule has 0 unspecified atom stereocenters. The minimum Gasteiger partial charge on any atom is -0.493 e. The van der Waals surface area contributed by atoms with Crippen molar-refractivity contribution in [3.05, 3.63) is 28.2 Å². The first-order valence-corrected chi connectivity index (χ1v) is 7.18. The van der Waals surface area contributed by atoms with E-state index in [0.717, 1.165) is 29.7 Å². The lowest BCUT2D eigenvalue weighted by Crippen LogP contribution is -2.06. The average Bonchev–Trinajstić information content (AvgIpc) is 2.32. The minimum absolute atomic E-state index is 0.655. The van der Waals surface area contributed by atoms with Crippen molar-refractivity contribution in [2.75, 3.05) is 13.2 Å². The largest absolute Gasteiger partial charge is 0.493 e. The Labute approximate surface area is 113 Å². The van der Waals surface area contributed by atoms with Gasteiger partial charge in [-0.05, 0) is 43.1 Å². The Kier molecular flexibility index (Phi) is 7.29. The summed E-state index contributed by atoms with van der Waals surface area (Å²) in [6.07, 6.45) is 5.80. The standard InChI is InChI=1S/C14H22BrNO/c1-2-3-4-5-10-17-14-7-6-13(15)11-12(14)8-9-16/h6-7,11H,2-5,8-10,16H2,1H3. The molecule has 0 saturated heterocycles. The van der Waals surface area contributed by atoms with Crippen LogP contribution in [0.2, 0.25) is 0 Å². The minimum atomic E-state index is 0.655. The zero-order valence-electron chi connectivity index (χ0n) is 10.5. The fourth-order valence-corrected chi connectivity index (χ4v) is 2.16. The van der Waals surface area contributed by atoms with Gasteiger partial charge in [0.2, 0.25) is 0 Å². The van der Waals surface area contributed by atoms with E-state index in [-0.39, 0.29) is 0 Å². The summed E-state index contributed by atoms with van der Waals surface area (Å²) < 4.78 is 6.90. The summed E-state index contributed by atoms with van der Waals surface area (Å²) in [5.41, 5.74) is 6.80. The van der Waals surface area contributed by atoms with E-state index in [2.05, 4.69) is 28.9 Å². The van der Waals surface area contributed by atoms with Crippen molar-refractivity contribution < 1.29 is 4.74 Å². The first-order chi connectivity index (χ1) is 8.27. The lowest BCUT2D eigenvalue weighted by atomic mass is 10.1. The van der Waals surface area contributed by atoms with Crippen LogP contribution in [0.5, 0.6) is 5.75 Å². The molecular weight excluding hydrogens is 278 g/mol. The highest BCUT2D eigenvalue weighted by atomic mass is 79.9. The molecule has 0 atom stereocenters. The van der Waals surface area contributed by atoms with Crippen molar-refractivity contribution in [2.24, 2.45) is 5.73 Å². The van der Waals surface area contributed by atoms with Gasteiger partial charge in [0.05, 0.1) is 6.61 Å². The van der Waals surface area contributed by atoms with Crippen LogP contribution in [0.4, 0.5) is 0 Å². The Morgan fingerprint density at radius 3 is 2.76 bits per heavy atom. The normalized spacial score (nSPS) is 10.5. The van der Waals surface area contributed by atoms with Crippen molar-refractivity contribution in [1.82, 2.24) is 0 Å². The summed E-state index contributed by atoms with van der Waals surface area (Å²) in [6.45, 7) is 3.68. The fourth-order valence-electron chi connectivity index (χ4n) is 1.75. The molecule has 2 N–H and O–H groups in total. The SMILES string of the molecule is CCCCCCOc1ccc(Br)cc1CCN. The third kappa shape index (κ3) is 5.55. The molecule has 1 aromatic rings. The maximum absolute atomic E-state index is 5.81. The molecule has 0 bridgehead atoms. The number of ether oxygens (including phenoxy) is 1. The first-order valence-electron chi connectivity index (χ1n) is 6.39. The third-order valence-electron chi connectivity index (χ3n) is 2.69. The molecule has 0 radical (unpaired) electrons. The summed E-state index contributed by atoms with van der Waals surface area (Å²) in [6, 6.07) is 6.13. The molecule has 0 spiro atoms. The Morgan fingerprint density at radius 1 is 1.24 bits per heavy atom. The zero-order chi connectivity index (χ0) is 12.5. The number of benzene rings is 1. The Balaban J connectivity index is 2.45. The van der Waals surface area contributed by atoms with Gasteiger partial charge in [0.1, 0.15) is 5.75 Å². The molecule has 17 heavy (non-hydrogen) atoms. The van der Waals surface area contributed by atoms with Gasteiger partial charge < -0.3 is 10.5 Å². The molecule has 0 heterocycles. The summed E-state index contributed by atoms with van der Waals surface area (Å²) >= 11 is 3.47. The van der Waals surface area contributed by atoms with Gasteiger partial charge in [0, 0.05) is 4.47 Å². The van der Waals surface area contributed by atoms with Crippen LogP contribution in [0.25, 0.3) is 0 Å². The van der Waals surface area contributed by atoms with Crippen molar-refractivity contribution >= 4 is 15.9 Å². The van der Waals surface area contributed by atoms with Crippen LogP contribution in [0.15, 0.2) is 22.7 Å². The third-order valence-corrected chi connectivity index (χ3v) is 3.18. The van der Waals surface area contributed by atoms with Crippen LogP contribution < -0.4 is 10.5 Å². The highest BCUT2D eigenvalue weighted by Crippen LogP contribution is 2.23. The van der Waals surface area contributed by atoms with Crippen LogP contribution in [-0.2, 0) is 6.42 Å². The van der Waals surface area contributed by atoms with Gasteiger partial charge in [-0.1, -0.05) is 42.1 Å². The van der Waals surface area contributed by atoms with E-state index >= 15 is 0 Å². The van der Waals surface area contributed by atoms with E-state index in [1.807, 2.05) is 12.1 Å². The molecule has 2 nitrogen and oxygen atoms in total. The second-order valence-corrected chi connectivity index (χ2v) is 5.12. The number of nitrogens with two attached hydrogens (primary N) is 1. The molecular formula is C14H22BrNO. The number of hydrogen-bond acceptors (Lipinski definition) is 2. The average molecular weight is 300 g/mol. The molecule has 1 aromatic carbocycles. The summed E-state index contributed by atoms with van der Waals surface area (Å²) in [5.74, 6) is 0.982. The van der Waals surface area contributed by atoms with Crippen molar-refractivity contribution in [1.29, 1.82) is 0 Å². The van der Waals surface area contributed by atoms with Crippen LogP contribution in [-0.4, -0.2) is 13.2 Å². The summed E-state index contributed by atoms with van der Waals surface area (Å²) in [7, 11) is 0.